The predicted molar refractivity (Wildman–Crippen MR) is 77.2 cm³/mol. The maximum atomic E-state index is 9.28. The lowest BCUT2D eigenvalue weighted by Gasteiger charge is -2.39. The average molecular weight is 264 g/mol. The summed E-state index contributed by atoms with van der Waals surface area (Å²) in [6.07, 6.45) is 5.45. The standard InChI is InChI=1S/C14H24N4O/c1-3-5-12-16-13(15)10(2)14(17-12)18(8-9-19)11-6-4-7-11/h11,19H,3-9H2,1-2H3,(H2,15,16,17). The molecule has 106 valence electrons. The number of rotatable bonds is 6. The Balaban J connectivity index is 2.33. The summed E-state index contributed by atoms with van der Waals surface area (Å²) in [5, 5.41) is 9.28. The van der Waals surface area contributed by atoms with Crippen molar-refractivity contribution in [3.05, 3.63) is 11.4 Å². The van der Waals surface area contributed by atoms with Gasteiger partial charge in [-0.15, -0.1) is 0 Å². The van der Waals surface area contributed by atoms with Crippen molar-refractivity contribution in [2.24, 2.45) is 0 Å². The van der Waals surface area contributed by atoms with Crippen LogP contribution in [-0.4, -0.2) is 34.3 Å². The summed E-state index contributed by atoms with van der Waals surface area (Å²) in [5.74, 6) is 2.29. The summed E-state index contributed by atoms with van der Waals surface area (Å²) in [5.41, 5.74) is 6.94. The lowest BCUT2D eigenvalue weighted by molar-refractivity contribution is 0.282. The molecule has 1 aromatic rings. The fraction of sp³-hybridized carbons (Fsp3) is 0.714. The van der Waals surface area contributed by atoms with Gasteiger partial charge in [0.2, 0.25) is 0 Å². The van der Waals surface area contributed by atoms with Gasteiger partial charge in [0.15, 0.2) is 0 Å². The molecule has 5 nitrogen and oxygen atoms in total. The summed E-state index contributed by atoms with van der Waals surface area (Å²) >= 11 is 0. The van der Waals surface area contributed by atoms with Gasteiger partial charge in [-0.25, -0.2) is 9.97 Å². The molecule has 0 radical (unpaired) electrons. The van der Waals surface area contributed by atoms with Crippen molar-refractivity contribution in [1.82, 2.24) is 9.97 Å². The number of nitrogens with zero attached hydrogens (tertiary/aromatic N) is 3. The van der Waals surface area contributed by atoms with E-state index >= 15 is 0 Å². The first kappa shape index (κ1) is 14.1. The zero-order valence-corrected chi connectivity index (χ0v) is 11.9. The summed E-state index contributed by atoms with van der Waals surface area (Å²) in [7, 11) is 0. The van der Waals surface area contributed by atoms with Crippen molar-refractivity contribution in [1.29, 1.82) is 0 Å². The van der Waals surface area contributed by atoms with Crippen molar-refractivity contribution in [3.8, 4) is 0 Å². The van der Waals surface area contributed by atoms with Crippen molar-refractivity contribution in [2.75, 3.05) is 23.8 Å². The Hall–Kier alpha value is -1.36. The van der Waals surface area contributed by atoms with E-state index in [2.05, 4.69) is 21.8 Å². The van der Waals surface area contributed by atoms with Crippen LogP contribution in [0, 0.1) is 6.92 Å². The Morgan fingerprint density at radius 3 is 2.63 bits per heavy atom. The van der Waals surface area contributed by atoms with E-state index in [1.807, 2.05) is 6.92 Å². The highest BCUT2D eigenvalue weighted by molar-refractivity contribution is 5.57. The van der Waals surface area contributed by atoms with Gasteiger partial charge in [0.25, 0.3) is 0 Å². The van der Waals surface area contributed by atoms with Crippen molar-refractivity contribution < 1.29 is 5.11 Å². The minimum absolute atomic E-state index is 0.142. The molecule has 1 saturated carbocycles. The van der Waals surface area contributed by atoms with Gasteiger partial charge < -0.3 is 15.7 Å². The first-order valence-corrected chi connectivity index (χ1v) is 7.17. The molecule has 1 aliphatic rings. The van der Waals surface area contributed by atoms with Crippen LogP contribution in [0.5, 0.6) is 0 Å². The highest BCUT2D eigenvalue weighted by Gasteiger charge is 2.27. The van der Waals surface area contributed by atoms with Gasteiger partial charge in [-0.2, -0.15) is 0 Å². The van der Waals surface area contributed by atoms with Crippen LogP contribution in [0.3, 0.4) is 0 Å². The van der Waals surface area contributed by atoms with Crippen LogP contribution in [0.2, 0.25) is 0 Å². The molecule has 19 heavy (non-hydrogen) atoms. The van der Waals surface area contributed by atoms with Crippen molar-refractivity contribution in [2.45, 2.75) is 52.0 Å². The molecule has 3 N–H and O–H groups in total. The number of nitrogen functional groups attached to an aromatic ring is 1. The van der Waals surface area contributed by atoms with Crippen LogP contribution in [-0.2, 0) is 6.42 Å². The van der Waals surface area contributed by atoms with Gasteiger partial charge in [-0.3, -0.25) is 0 Å². The zero-order chi connectivity index (χ0) is 13.8. The van der Waals surface area contributed by atoms with Gasteiger partial charge in [-0.1, -0.05) is 6.92 Å². The summed E-state index contributed by atoms with van der Waals surface area (Å²) in [6, 6.07) is 0.495. The number of anilines is 2. The van der Waals surface area contributed by atoms with Crippen molar-refractivity contribution in [3.63, 3.8) is 0 Å². The van der Waals surface area contributed by atoms with Crippen LogP contribution >= 0.6 is 0 Å². The molecule has 1 heterocycles. The Morgan fingerprint density at radius 1 is 1.37 bits per heavy atom. The number of hydrogen-bond donors (Lipinski definition) is 2. The highest BCUT2D eigenvalue weighted by Crippen LogP contribution is 2.31. The topological polar surface area (TPSA) is 75.3 Å². The molecule has 1 fully saturated rings. The lowest BCUT2D eigenvalue weighted by atomic mass is 9.91. The van der Waals surface area contributed by atoms with E-state index in [1.54, 1.807) is 0 Å². The number of aliphatic hydroxyl groups is 1. The predicted octanol–water partition coefficient (Wildman–Crippen LogP) is 1.67. The fourth-order valence-electron chi connectivity index (χ4n) is 2.45. The number of aromatic nitrogens is 2. The molecule has 0 atom stereocenters. The molecule has 0 unspecified atom stereocenters. The first-order valence-electron chi connectivity index (χ1n) is 7.17. The lowest BCUT2D eigenvalue weighted by Crippen LogP contribution is -2.43. The number of aliphatic hydroxyl groups excluding tert-OH is 1. The normalized spacial score (nSPS) is 15.3. The van der Waals surface area contributed by atoms with Gasteiger partial charge in [0, 0.05) is 24.6 Å². The SMILES string of the molecule is CCCc1nc(N)c(C)c(N(CCO)C2CCC2)n1. The maximum absolute atomic E-state index is 9.28. The van der Waals surface area contributed by atoms with Gasteiger partial charge >= 0.3 is 0 Å². The second kappa shape index (κ2) is 6.19. The highest BCUT2D eigenvalue weighted by atomic mass is 16.3. The van der Waals surface area contributed by atoms with Crippen molar-refractivity contribution >= 4 is 11.6 Å². The van der Waals surface area contributed by atoms with E-state index in [0.717, 1.165) is 30.0 Å². The molecule has 0 spiro atoms. The largest absolute Gasteiger partial charge is 0.395 e. The number of aryl methyl sites for hydroxylation is 1. The molecule has 1 aliphatic carbocycles. The Labute approximate surface area is 114 Å². The summed E-state index contributed by atoms with van der Waals surface area (Å²) in [4.78, 5) is 11.2. The molecule has 0 aromatic carbocycles. The van der Waals surface area contributed by atoms with E-state index in [0.29, 0.717) is 18.4 Å². The smallest absolute Gasteiger partial charge is 0.137 e. The zero-order valence-electron chi connectivity index (χ0n) is 11.9. The van der Waals surface area contributed by atoms with Crippen LogP contribution in [0.25, 0.3) is 0 Å². The minimum atomic E-state index is 0.142. The summed E-state index contributed by atoms with van der Waals surface area (Å²) in [6.45, 7) is 4.83. The second-order valence-corrected chi connectivity index (χ2v) is 5.23. The third kappa shape index (κ3) is 2.97. The molecule has 0 amide bonds. The van der Waals surface area contributed by atoms with Crippen LogP contribution < -0.4 is 10.6 Å². The molecule has 5 heteroatoms. The molecule has 0 aliphatic heterocycles. The third-order valence-electron chi connectivity index (χ3n) is 3.81. The first-order chi connectivity index (χ1) is 9.17. The molecule has 0 saturated heterocycles. The van der Waals surface area contributed by atoms with E-state index in [-0.39, 0.29) is 6.61 Å². The quantitative estimate of drug-likeness (QED) is 0.817. The average Bonchev–Trinajstić information content (AvgIpc) is 2.31. The van der Waals surface area contributed by atoms with Gasteiger partial charge in [-0.05, 0) is 32.6 Å². The fourth-order valence-corrected chi connectivity index (χ4v) is 2.45. The monoisotopic (exact) mass is 264 g/mol. The third-order valence-corrected chi connectivity index (χ3v) is 3.81. The van der Waals surface area contributed by atoms with E-state index in [1.165, 1.54) is 19.3 Å². The molecular formula is C14H24N4O. The number of nitrogens with two attached hydrogens (primary N) is 1. The number of hydrogen-bond acceptors (Lipinski definition) is 5. The molecule has 0 bridgehead atoms. The molecular weight excluding hydrogens is 240 g/mol. The summed E-state index contributed by atoms with van der Waals surface area (Å²) < 4.78 is 0. The Morgan fingerprint density at radius 2 is 2.11 bits per heavy atom. The second-order valence-electron chi connectivity index (χ2n) is 5.23. The van der Waals surface area contributed by atoms with E-state index in [9.17, 15) is 5.11 Å². The minimum Gasteiger partial charge on any atom is -0.395 e. The van der Waals surface area contributed by atoms with E-state index < -0.39 is 0 Å². The Kier molecular flexibility index (Phi) is 4.58. The van der Waals surface area contributed by atoms with Crippen LogP contribution in [0.1, 0.15) is 44.0 Å². The van der Waals surface area contributed by atoms with Gasteiger partial charge in [0.05, 0.1) is 6.61 Å². The Bertz CT molecular complexity index is 432. The van der Waals surface area contributed by atoms with Crippen LogP contribution in [0.4, 0.5) is 11.6 Å². The molecule has 2 rings (SSSR count). The van der Waals surface area contributed by atoms with E-state index in [4.69, 9.17) is 5.73 Å². The maximum Gasteiger partial charge on any atom is 0.137 e. The van der Waals surface area contributed by atoms with Crippen LogP contribution in [0.15, 0.2) is 0 Å². The van der Waals surface area contributed by atoms with Gasteiger partial charge in [0.1, 0.15) is 17.5 Å². The molecule has 1 aromatic heterocycles.